The van der Waals surface area contributed by atoms with Gasteiger partial charge in [-0.3, -0.25) is 0 Å². The molecule has 1 aromatic carbocycles. The van der Waals surface area contributed by atoms with E-state index >= 15 is 0 Å². The van der Waals surface area contributed by atoms with E-state index in [0.29, 0.717) is 40.6 Å². The lowest BCUT2D eigenvalue weighted by Crippen LogP contribution is -2.06. The number of hydrogen-bond acceptors (Lipinski definition) is 5. The van der Waals surface area contributed by atoms with Crippen molar-refractivity contribution in [3.8, 4) is 5.75 Å². The van der Waals surface area contributed by atoms with Crippen molar-refractivity contribution in [2.45, 2.75) is 31.8 Å². The third-order valence-electron chi connectivity index (χ3n) is 3.27. The fourth-order valence-corrected chi connectivity index (χ4v) is 2.67. The molecular weight excluding hydrogens is 313 g/mol. The molecule has 0 radical (unpaired) electrons. The molecule has 1 fully saturated rings. The Balaban J connectivity index is 1.73. The molecule has 0 aliphatic heterocycles. The Kier molecular flexibility index (Phi) is 4.33. The van der Waals surface area contributed by atoms with Gasteiger partial charge in [-0.05, 0) is 43.5 Å². The second-order valence-electron chi connectivity index (χ2n) is 5.02. The predicted molar refractivity (Wildman–Crippen MR) is 79.8 cm³/mol. The minimum atomic E-state index is 0.179. The van der Waals surface area contributed by atoms with Crippen molar-refractivity contribution in [1.29, 1.82) is 0 Å². The molecule has 0 amide bonds. The molecule has 5 nitrogen and oxygen atoms in total. The number of rotatable bonds is 6. The number of benzene rings is 1. The van der Waals surface area contributed by atoms with Gasteiger partial charge in [0.25, 0.3) is 5.89 Å². The van der Waals surface area contributed by atoms with Crippen LogP contribution in [0.2, 0.25) is 10.0 Å². The Bertz CT molecular complexity index is 641. The number of nitrogens with two attached hydrogens (primary N) is 1. The quantitative estimate of drug-likeness (QED) is 0.880. The van der Waals surface area contributed by atoms with Crippen LogP contribution >= 0.6 is 23.2 Å². The maximum absolute atomic E-state index is 6.19. The molecule has 112 valence electrons. The molecule has 1 saturated carbocycles. The summed E-state index contributed by atoms with van der Waals surface area (Å²) in [6, 6.07) is 3.45. The maximum atomic E-state index is 6.19. The standard InChI is InChI=1S/C14H15Cl2N3O2/c15-10-5-9(3-4-17)13(11(16)6-10)20-7-12-18-14(19-21-12)8-1-2-8/h5-6,8H,1-4,7,17H2. The largest absolute Gasteiger partial charge is 0.482 e. The van der Waals surface area contributed by atoms with Crippen LogP contribution in [0.4, 0.5) is 0 Å². The van der Waals surface area contributed by atoms with Crippen molar-refractivity contribution in [1.82, 2.24) is 10.1 Å². The average Bonchev–Trinajstić information content (AvgIpc) is 3.18. The van der Waals surface area contributed by atoms with E-state index in [-0.39, 0.29) is 6.61 Å². The van der Waals surface area contributed by atoms with Crippen LogP contribution in [0.1, 0.15) is 36.0 Å². The molecule has 21 heavy (non-hydrogen) atoms. The molecule has 2 aromatic rings. The highest BCUT2D eigenvalue weighted by atomic mass is 35.5. The Morgan fingerprint density at radius 3 is 2.86 bits per heavy atom. The van der Waals surface area contributed by atoms with E-state index in [4.69, 9.17) is 38.2 Å². The van der Waals surface area contributed by atoms with Crippen LogP contribution in [0.15, 0.2) is 16.7 Å². The normalized spacial score (nSPS) is 14.4. The van der Waals surface area contributed by atoms with Crippen LogP contribution in [0.5, 0.6) is 5.75 Å². The summed E-state index contributed by atoms with van der Waals surface area (Å²) >= 11 is 12.2. The molecule has 1 heterocycles. The molecule has 2 N–H and O–H groups in total. The molecule has 7 heteroatoms. The fraction of sp³-hybridized carbons (Fsp3) is 0.429. The van der Waals surface area contributed by atoms with E-state index < -0.39 is 0 Å². The van der Waals surface area contributed by atoms with Gasteiger partial charge in [0.2, 0.25) is 0 Å². The van der Waals surface area contributed by atoms with Crippen molar-refractivity contribution in [3.05, 3.63) is 39.5 Å². The van der Waals surface area contributed by atoms with Crippen LogP contribution in [-0.2, 0) is 13.0 Å². The van der Waals surface area contributed by atoms with Crippen molar-refractivity contribution >= 4 is 23.2 Å². The number of ether oxygens (including phenoxy) is 1. The molecule has 1 aliphatic carbocycles. The summed E-state index contributed by atoms with van der Waals surface area (Å²) < 4.78 is 10.9. The second kappa shape index (κ2) is 6.22. The van der Waals surface area contributed by atoms with Gasteiger partial charge in [-0.2, -0.15) is 4.98 Å². The van der Waals surface area contributed by atoms with E-state index in [2.05, 4.69) is 10.1 Å². The molecule has 0 atom stereocenters. The molecule has 0 unspecified atom stereocenters. The zero-order chi connectivity index (χ0) is 14.8. The van der Waals surface area contributed by atoms with Gasteiger partial charge in [0, 0.05) is 10.9 Å². The molecule has 3 rings (SSSR count). The average molecular weight is 328 g/mol. The third kappa shape index (κ3) is 3.48. The van der Waals surface area contributed by atoms with Gasteiger partial charge in [0.15, 0.2) is 12.4 Å². The maximum Gasteiger partial charge on any atom is 0.264 e. The van der Waals surface area contributed by atoms with Gasteiger partial charge in [0.1, 0.15) is 5.75 Å². The highest BCUT2D eigenvalue weighted by Gasteiger charge is 2.28. The van der Waals surface area contributed by atoms with Crippen molar-refractivity contribution in [2.75, 3.05) is 6.54 Å². The third-order valence-corrected chi connectivity index (χ3v) is 3.76. The van der Waals surface area contributed by atoms with Crippen LogP contribution in [0.25, 0.3) is 0 Å². The first kappa shape index (κ1) is 14.6. The van der Waals surface area contributed by atoms with Gasteiger partial charge < -0.3 is 15.0 Å². The minimum Gasteiger partial charge on any atom is -0.482 e. The lowest BCUT2D eigenvalue weighted by atomic mass is 10.1. The van der Waals surface area contributed by atoms with E-state index in [1.807, 2.05) is 0 Å². The number of aromatic nitrogens is 2. The number of hydrogen-bond donors (Lipinski definition) is 1. The first-order valence-electron chi connectivity index (χ1n) is 6.80. The van der Waals surface area contributed by atoms with Crippen LogP contribution in [0, 0.1) is 0 Å². The first-order valence-corrected chi connectivity index (χ1v) is 7.56. The SMILES string of the molecule is NCCc1cc(Cl)cc(Cl)c1OCc1nc(C2CC2)no1. The molecular formula is C14H15Cl2N3O2. The molecule has 1 aliphatic rings. The number of nitrogens with zero attached hydrogens (tertiary/aromatic N) is 2. The van der Waals surface area contributed by atoms with Crippen LogP contribution < -0.4 is 10.5 Å². The zero-order valence-corrected chi connectivity index (χ0v) is 12.8. The van der Waals surface area contributed by atoms with Crippen LogP contribution in [-0.4, -0.2) is 16.7 Å². The summed E-state index contributed by atoms with van der Waals surface area (Å²) in [5, 5.41) is 4.96. The Hall–Kier alpha value is -1.30. The topological polar surface area (TPSA) is 74.2 Å². The lowest BCUT2D eigenvalue weighted by molar-refractivity contribution is 0.241. The lowest BCUT2D eigenvalue weighted by Gasteiger charge is -2.12. The summed E-state index contributed by atoms with van der Waals surface area (Å²) in [5.74, 6) is 2.23. The van der Waals surface area contributed by atoms with Crippen LogP contribution in [0.3, 0.4) is 0 Å². The first-order chi connectivity index (χ1) is 10.2. The highest BCUT2D eigenvalue weighted by Crippen LogP contribution is 2.38. The van der Waals surface area contributed by atoms with Gasteiger partial charge in [-0.25, -0.2) is 0 Å². The highest BCUT2D eigenvalue weighted by molar-refractivity contribution is 6.35. The zero-order valence-electron chi connectivity index (χ0n) is 11.3. The van der Waals surface area contributed by atoms with E-state index in [0.717, 1.165) is 24.2 Å². The summed E-state index contributed by atoms with van der Waals surface area (Å²) in [5.41, 5.74) is 6.47. The van der Waals surface area contributed by atoms with Crippen molar-refractivity contribution in [3.63, 3.8) is 0 Å². The summed E-state index contributed by atoms with van der Waals surface area (Å²) in [4.78, 5) is 4.31. The number of halogens is 2. The predicted octanol–water partition coefficient (Wildman–Crippen LogP) is 3.33. The summed E-state index contributed by atoms with van der Waals surface area (Å²) in [6.45, 7) is 0.665. The molecule has 0 saturated heterocycles. The summed E-state index contributed by atoms with van der Waals surface area (Å²) in [7, 11) is 0. The van der Waals surface area contributed by atoms with Gasteiger partial charge in [-0.15, -0.1) is 0 Å². The second-order valence-corrected chi connectivity index (χ2v) is 5.87. The fourth-order valence-electron chi connectivity index (χ4n) is 2.08. The Morgan fingerprint density at radius 2 is 2.14 bits per heavy atom. The summed E-state index contributed by atoms with van der Waals surface area (Å²) in [6.07, 6.45) is 2.89. The Morgan fingerprint density at radius 1 is 1.33 bits per heavy atom. The molecule has 1 aromatic heterocycles. The van der Waals surface area contributed by atoms with E-state index in [1.165, 1.54) is 0 Å². The van der Waals surface area contributed by atoms with Crippen molar-refractivity contribution < 1.29 is 9.26 Å². The molecule has 0 spiro atoms. The van der Waals surface area contributed by atoms with Gasteiger partial charge >= 0.3 is 0 Å². The molecule has 0 bridgehead atoms. The minimum absolute atomic E-state index is 0.179. The Labute approximate surface area is 132 Å². The monoisotopic (exact) mass is 327 g/mol. The van der Waals surface area contributed by atoms with Gasteiger partial charge in [-0.1, -0.05) is 28.4 Å². The van der Waals surface area contributed by atoms with E-state index in [9.17, 15) is 0 Å². The smallest absolute Gasteiger partial charge is 0.264 e. The van der Waals surface area contributed by atoms with Crippen molar-refractivity contribution in [2.24, 2.45) is 5.73 Å². The van der Waals surface area contributed by atoms with E-state index in [1.54, 1.807) is 12.1 Å². The van der Waals surface area contributed by atoms with Gasteiger partial charge in [0.05, 0.1) is 5.02 Å².